The van der Waals surface area contributed by atoms with E-state index in [9.17, 15) is 18.7 Å². The summed E-state index contributed by atoms with van der Waals surface area (Å²) in [6.45, 7) is -0.718. The summed E-state index contributed by atoms with van der Waals surface area (Å²) in [5.41, 5.74) is 0.301. The van der Waals surface area contributed by atoms with E-state index in [1.807, 2.05) is 24.3 Å². The van der Waals surface area contributed by atoms with Crippen LogP contribution in [0.5, 0.6) is 0 Å². The van der Waals surface area contributed by atoms with Gasteiger partial charge in [-0.2, -0.15) is 8.78 Å². The molecule has 0 heterocycles. The number of benzene rings is 1. The van der Waals surface area contributed by atoms with Crippen LogP contribution in [0.2, 0.25) is 0 Å². The molecule has 1 aromatic rings. The van der Waals surface area contributed by atoms with Gasteiger partial charge in [-0.05, 0) is 60.8 Å². The number of halogens is 2. The minimum absolute atomic E-state index is 0.304. The van der Waals surface area contributed by atoms with Crippen LogP contribution >= 0.6 is 0 Å². The fourth-order valence-electron chi connectivity index (χ4n) is 5.78. The van der Waals surface area contributed by atoms with Crippen molar-refractivity contribution in [3.05, 3.63) is 59.7 Å². The fraction of sp³-hybridized carbons (Fsp3) is 0.633. The highest BCUT2D eigenvalue weighted by Crippen LogP contribution is 2.44. The van der Waals surface area contributed by atoms with E-state index in [2.05, 4.69) is 6.92 Å². The number of hydrogen-bond acceptors (Lipinski definition) is 2. The molecule has 3 nitrogen and oxygen atoms in total. The van der Waals surface area contributed by atoms with Crippen molar-refractivity contribution < 1.29 is 23.4 Å². The minimum Gasteiger partial charge on any atom is -0.481 e. The van der Waals surface area contributed by atoms with Gasteiger partial charge in [-0.15, -0.1) is 0 Å². The quantitative estimate of drug-likeness (QED) is 0.210. The molecule has 0 amide bonds. The topological polar surface area (TPSA) is 46.5 Å². The summed E-state index contributed by atoms with van der Waals surface area (Å²) in [5.74, 6) is -0.775. The largest absolute Gasteiger partial charge is 0.481 e. The van der Waals surface area contributed by atoms with E-state index in [1.165, 1.54) is 94.9 Å². The van der Waals surface area contributed by atoms with Crippen molar-refractivity contribution in [3.63, 3.8) is 0 Å². The van der Waals surface area contributed by atoms with Gasteiger partial charge in [0.2, 0.25) is 0 Å². The fourth-order valence-corrected chi connectivity index (χ4v) is 5.78. The average molecular weight is 489 g/mol. The monoisotopic (exact) mass is 488 g/mol. The first-order valence-corrected chi connectivity index (χ1v) is 13.6. The van der Waals surface area contributed by atoms with Crippen molar-refractivity contribution in [2.45, 2.75) is 109 Å². The molecule has 1 N–H and O–H groups in total. The van der Waals surface area contributed by atoms with E-state index < -0.39 is 24.1 Å². The molecule has 2 aliphatic rings. The molecule has 1 saturated carbocycles. The number of ether oxygens (including phenoxy) is 1. The lowest BCUT2D eigenvalue weighted by molar-refractivity contribution is -0.180. The number of alkyl halides is 2. The highest BCUT2D eigenvalue weighted by molar-refractivity contribution is 5.75. The van der Waals surface area contributed by atoms with Gasteiger partial charge in [0.1, 0.15) is 5.60 Å². The Morgan fingerprint density at radius 1 is 0.971 bits per heavy atom. The lowest BCUT2D eigenvalue weighted by Crippen LogP contribution is -2.32. The third kappa shape index (κ3) is 7.99. The van der Waals surface area contributed by atoms with Crippen molar-refractivity contribution in [1.29, 1.82) is 0 Å². The van der Waals surface area contributed by atoms with Gasteiger partial charge in [0.05, 0.1) is 5.92 Å². The molecule has 0 aromatic heterocycles. The van der Waals surface area contributed by atoms with Crippen LogP contribution in [0.25, 0.3) is 0 Å². The summed E-state index contributed by atoms with van der Waals surface area (Å²) in [5, 5.41) is 9.29. The zero-order chi connectivity index (χ0) is 25.1. The number of hydrogen-bond donors (Lipinski definition) is 1. The molecule has 0 unspecified atom stereocenters. The van der Waals surface area contributed by atoms with Crippen molar-refractivity contribution >= 4 is 5.97 Å². The molecule has 3 rings (SSSR count). The van der Waals surface area contributed by atoms with Gasteiger partial charge >= 0.3 is 12.6 Å². The highest BCUT2D eigenvalue weighted by atomic mass is 19.3. The third-order valence-corrected chi connectivity index (χ3v) is 7.81. The third-order valence-electron chi connectivity index (χ3n) is 7.81. The van der Waals surface area contributed by atoms with Gasteiger partial charge in [-0.25, -0.2) is 0 Å². The normalized spacial score (nSPS) is 26.3. The molecule has 0 atom stereocenters. The lowest BCUT2D eigenvalue weighted by atomic mass is 9.73. The van der Waals surface area contributed by atoms with Crippen LogP contribution in [0.1, 0.15) is 107 Å². The second-order valence-electron chi connectivity index (χ2n) is 10.3. The first-order chi connectivity index (χ1) is 16.9. The summed E-state index contributed by atoms with van der Waals surface area (Å²) < 4.78 is 32.1. The number of rotatable bonds is 14. The van der Waals surface area contributed by atoms with E-state index in [4.69, 9.17) is 4.74 Å². The van der Waals surface area contributed by atoms with E-state index >= 15 is 0 Å². The molecule has 35 heavy (non-hydrogen) atoms. The standard InChI is InChI=1S/C30H42F2O3/c1-2-3-4-5-6-7-8-9-12-23-15-17-24(18-16-23)26-13-10-11-14-27(26)30(35-29(31)32)21-19-25(20-22-30)28(33)34/h10-11,13-14,19-25,29H,2-9,12,15-18H2,1H3,(H,33,34). The first kappa shape index (κ1) is 27.6. The van der Waals surface area contributed by atoms with E-state index in [0.29, 0.717) is 11.5 Å². The van der Waals surface area contributed by atoms with Crippen LogP contribution in [0, 0.1) is 11.8 Å². The smallest absolute Gasteiger partial charge is 0.346 e. The van der Waals surface area contributed by atoms with Crippen LogP contribution in [-0.2, 0) is 15.1 Å². The molecule has 1 aromatic carbocycles. The molecule has 2 aliphatic carbocycles. The molecular weight excluding hydrogens is 446 g/mol. The van der Waals surface area contributed by atoms with E-state index in [0.717, 1.165) is 24.3 Å². The van der Waals surface area contributed by atoms with Gasteiger partial charge < -0.3 is 9.84 Å². The summed E-state index contributed by atoms with van der Waals surface area (Å²) in [6, 6.07) is 7.67. The van der Waals surface area contributed by atoms with Gasteiger partial charge in [0, 0.05) is 0 Å². The van der Waals surface area contributed by atoms with Crippen LogP contribution in [0.15, 0.2) is 48.6 Å². The minimum atomic E-state index is -2.97. The molecule has 0 radical (unpaired) electrons. The Hall–Kier alpha value is -2.01. The summed E-state index contributed by atoms with van der Waals surface area (Å²) in [4.78, 5) is 11.3. The molecular formula is C30H42F2O3. The predicted molar refractivity (Wildman–Crippen MR) is 137 cm³/mol. The lowest BCUT2D eigenvalue weighted by Gasteiger charge is -2.36. The van der Waals surface area contributed by atoms with Crippen LogP contribution in [0.4, 0.5) is 8.78 Å². The van der Waals surface area contributed by atoms with Gasteiger partial charge in [-0.1, -0.05) is 101 Å². The number of aliphatic carboxylic acids is 1. The van der Waals surface area contributed by atoms with Gasteiger partial charge in [0.25, 0.3) is 0 Å². The first-order valence-electron chi connectivity index (χ1n) is 13.6. The highest BCUT2D eigenvalue weighted by Gasteiger charge is 2.38. The van der Waals surface area contributed by atoms with Crippen molar-refractivity contribution in [3.8, 4) is 0 Å². The second kappa shape index (κ2) is 13.9. The van der Waals surface area contributed by atoms with Crippen molar-refractivity contribution in [2.75, 3.05) is 0 Å². The SMILES string of the molecule is CCCCCCCCCCC1CCC(c2ccccc2C2(OC(F)F)C=CC(C(=O)O)C=C2)CC1. The Kier molecular flexibility index (Phi) is 11.0. The van der Waals surface area contributed by atoms with Crippen LogP contribution in [0.3, 0.4) is 0 Å². The molecule has 0 saturated heterocycles. The Labute approximate surface area is 209 Å². The molecule has 0 spiro atoms. The van der Waals surface area contributed by atoms with Crippen molar-refractivity contribution in [1.82, 2.24) is 0 Å². The predicted octanol–water partition coefficient (Wildman–Crippen LogP) is 8.75. The number of carbonyl (C=O) groups is 1. The number of carboxylic acid groups (broad SMARTS) is 1. The Bertz CT molecular complexity index is 826. The number of unbranched alkanes of at least 4 members (excludes halogenated alkanes) is 7. The summed E-state index contributed by atoms with van der Waals surface area (Å²) in [7, 11) is 0. The molecule has 0 bridgehead atoms. The maximum absolute atomic E-state index is 13.5. The Balaban J connectivity index is 1.58. The average Bonchev–Trinajstić information content (AvgIpc) is 2.86. The van der Waals surface area contributed by atoms with Gasteiger partial charge in [0.15, 0.2) is 0 Å². The Morgan fingerprint density at radius 2 is 1.57 bits per heavy atom. The van der Waals surface area contributed by atoms with Crippen molar-refractivity contribution in [2.24, 2.45) is 11.8 Å². The second-order valence-corrected chi connectivity index (χ2v) is 10.3. The maximum atomic E-state index is 13.5. The zero-order valence-electron chi connectivity index (χ0n) is 21.1. The van der Waals surface area contributed by atoms with Crippen LogP contribution < -0.4 is 0 Å². The number of carboxylic acids is 1. The maximum Gasteiger partial charge on any atom is 0.346 e. The molecule has 0 aliphatic heterocycles. The Morgan fingerprint density at radius 3 is 2.17 bits per heavy atom. The molecule has 5 heteroatoms. The van der Waals surface area contributed by atoms with E-state index in [1.54, 1.807) is 0 Å². The molecule has 194 valence electrons. The van der Waals surface area contributed by atoms with Crippen LogP contribution in [-0.4, -0.2) is 17.7 Å². The van der Waals surface area contributed by atoms with E-state index in [-0.39, 0.29) is 0 Å². The van der Waals surface area contributed by atoms with Gasteiger partial charge in [-0.3, -0.25) is 4.79 Å². The zero-order valence-corrected chi connectivity index (χ0v) is 21.1. The summed E-state index contributed by atoms with van der Waals surface area (Å²) in [6.07, 6.45) is 22.4. The molecule has 1 fully saturated rings. The summed E-state index contributed by atoms with van der Waals surface area (Å²) >= 11 is 0.